The van der Waals surface area contributed by atoms with Crippen LogP contribution in [0.3, 0.4) is 0 Å². The fourth-order valence-electron chi connectivity index (χ4n) is 1.29. The van der Waals surface area contributed by atoms with Crippen LogP contribution in [0.4, 0.5) is 0 Å². The first kappa shape index (κ1) is 11.8. The molecule has 1 rings (SSSR count). The Bertz CT molecular complexity index is 298. The minimum Gasteiger partial charge on any atom is -0.354 e. The summed E-state index contributed by atoms with van der Waals surface area (Å²) in [6, 6.07) is 0. The van der Waals surface area contributed by atoms with Crippen molar-refractivity contribution in [2.24, 2.45) is 5.41 Å². The van der Waals surface area contributed by atoms with Gasteiger partial charge in [0.2, 0.25) is 5.91 Å². The molecule has 0 aliphatic heterocycles. The second kappa shape index (κ2) is 4.96. The third kappa shape index (κ3) is 5.20. The Balaban J connectivity index is 2.18. The van der Waals surface area contributed by atoms with Crippen LogP contribution in [0, 0.1) is 5.41 Å². The van der Waals surface area contributed by atoms with Gasteiger partial charge in [0.1, 0.15) is 0 Å². The Kier molecular flexibility index (Phi) is 3.88. The molecule has 0 radical (unpaired) electrons. The Labute approximate surface area is 90.7 Å². The van der Waals surface area contributed by atoms with E-state index in [1.165, 1.54) is 0 Å². The average molecular weight is 209 g/mol. The third-order valence-electron chi connectivity index (χ3n) is 1.94. The van der Waals surface area contributed by atoms with Gasteiger partial charge in [-0.25, -0.2) is 4.98 Å². The lowest BCUT2D eigenvalue weighted by molar-refractivity contribution is -0.122. The number of amides is 1. The quantitative estimate of drug-likeness (QED) is 0.815. The number of imidazole rings is 1. The highest BCUT2D eigenvalue weighted by molar-refractivity contribution is 5.76. The Morgan fingerprint density at radius 1 is 1.47 bits per heavy atom. The zero-order valence-corrected chi connectivity index (χ0v) is 9.66. The molecule has 1 aromatic heterocycles. The summed E-state index contributed by atoms with van der Waals surface area (Å²) in [5.74, 6) is 0.114. The molecule has 0 bridgehead atoms. The van der Waals surface area contributed by atoms with Crippen molar-refractivity contribution >= 4 is 5.91 Å². The lowest BCUT2D eigenvalue weighted by Crippen LogP contribution is -2.30. The van der Waals surface area contributed by atoms with Gasteiger partial charge in [0.05, 0.1) is 6.33 Å². The van der Waals surface area contributed by atoms with Crippen LogP contribution in [0.1, 0.15) is 27.2 Å². The summed E-state index contributed by atoms with van der Waals surface area (Å²) in [4.78, 5) is 15.4. The smallest absolute Gasteiger partial charge is 0.220 e. The number of carbonyl (C=O) groups excluding carboxylic acids is 1. The normalized spacial score (nSPS) is 11.4. The monoisotopic (exact) mass is 209 g/mol. The number of nitrogens with one attached hydrogen (secondary N) is 1. The van der Waals surface area contributed by atoms with E-state index in [0.29, 0.717) is 13.0 Å². The number of hydrogen-bond donors (Lipinski definition) is 1. The predicted molar refractivity (Wildman–Crippen MR) is 59.3 cm³/mol. The van der Waals surface area contributed by atoms with Crippen molar-refractivity contribution < 1.29 is 4.79 Å². The van der Waals surface area contributed by atoms with Crippen LogP contribution in [0.5, 0.6) is 0 Å². The van der Waals surface area contributed by atoms with Crippen LogP contribution in [-0.2, 0) is 11.3 Å². The molecule has 0 unspecified atom stereocenters. The number of nitrogens with zero attached hydrogens (tertiary/aromatic N) is 2. The summed E-state index contributed by atoms with van der Waals surface area (Å²) >= 11 is 0. The van der Waals surface area contributed by atoms with E-state index < -0.39 is 0 Å². The maximum Gasteiger partial charge on any atom is 0.220 e. The van der Waals surface area contributed by atoms with Crippen LogP contribution in [0.25, 0.3) is 0 Å². The van der Waals surface area contributed by atoms with Gasteiger partial charge in [-0.1, -0.05) is 20.8 Å². The molecule has 0 spiro atoms. The standard InChI is InChI=1S/C11H19N3O/c1-11(2,3)8-10(15)13-5-7-14-6-4-12-9-14/h4,6,9H,5,7-8H2,1-3H3,(H,13,15). The van der Waals surface area contributed by atoms with Crippen molar-refractivity contribution in [1.29, 1.82) is 0 Å². The van der Waals surface area contributed by atoms with Crippen LogP contribution >= 0.6 is 0 Å². The summed E-state index contributed by atoms with van der Waals surface area (Å²) in [6.07, 6.45) is 5.93. The zero-order valence-electron chi connectivity index (χ0n) is 9.66. The molecule has 0 atom stereocenters. The SMILES string of the molecule is CC(C)(C)CC(=O)NCCn1ccnc1. The van der Waals surface area contributed by atoms with E-state index >= 15 is 0 Å². The van der Waals surface area contributed by atoms with Gasteiger partial charge >= 0.3 is 0 Å². The molecule has 1 amide bonds. The molecule has 4 nitrogen and oxygen atoms in total. The molecule has 0 aliphatic carbocycles. The number of rotatable bonds is 4. The number of aromatic nitrogens is 2. The fourth-order valence-corrected chi connectivity index (χ4v) is 1.29. The second-order valence-corrected chi connectivity index (χ2v) is 4.89. The van der Waals surface area contributed by atoms with E-state index in [-0.39, 0.29) is 11.3 Å². The molecule has 15 heavy (non-hydrogen) atoms. The van der Waals surface area contributed by atoms with Crippen molar-refractivity contribution in [2.45, 2.75) is 33.7 Å². The summed E-state index contributed by atoms with van der Waals surface area (Å²) < 4.78 is 1.94. The molecule has 0 fully saturated rings. The van der Waals surface area contributed by atoms with Crippen LogP contribution < -0.4 is 5.32 Å². The van der Waals surface area contributed by atoms with Gasteiger partial charge in [-0.2, -0.15) is 0 Å². The lowest BCUT2D eigenvalue weighted by Gasteiger charge is -2.17. The van der Waals surface area contributed by atoms with Gasteiger partial charge in [0.15, 0.2) is 0 Å². The van der Waals surface area contributed by atoms with Crippen molar-refractivity contribution in [3.05, 3.63) is 18.7 Å². The minimum absolute atomic E-state index is 0.0547. The van der Waals surface area contributed by atoms with E-state index in [2.05, 4.69) is 31.1 Å². The van der Waals surface area contributed by atoms with E-state index in [0.717, 1.165) is 6.54 Å². The Morgan fingerprint density at radius 3 is 2.73 bits per heavy atom. The largest absolute Gasteiger partial charge is 0.354 e. The minimum atomic E-state index is 0.0547. The maximum absolute atomic E-state index is 11.5. The Hall–Kier alpha value is -1.32. The van der Waals surface area contributed by atoms with Gasteiger partial charge < -0.3 is 9.88 Å². The second-order valence-electron chi connectivity index (χ2n) is 4.89. The summed E-state index contributed by atoms with van der Waals surface area (Å²) in [5.41, 5.74) is 0.0547. The molecule has 1 aromatic rings. The van der Waals surface area contributed by atoms with Crippen molar-refractivity contribution in [3.63, 3.8) is 0 Å². The van der Waals surface area contributed by atoms with Crippen molar-refractivity contribution in [1.82, 2.24) is 14.9 Å². The molecular formula is C11H19N3O. The van der Waals surface area contributed by atoms with Gasteiger partial charge in [-0.15, -0.1) is 0 Å². The first-order chi connectivity index (χ1) is 6.97. The van der Waals surface area contributed by atoms with Crippen LogP contribution in [0.15, 0.2) is 18.7 Å². The molecule has 1 heterocycles. The molecule has 4 heteroatoms. The highest BCUT2D eigenvalue weighted by Crippen LogP contribution is 2.17. The summed E-state index contributed by atoms with van der Waals surface area (Å²) in [7, 11) is 0. The highest BCUT2D eigenvalue weighted by atomic mass is 16.1. The molecule has 84 valence electrons. The zero-order chi connectivity index (χ0) is 11.3. The molecule has 0 saturated heterocycles. The molecule has 1 N–H and O–H groups in total. The van der Waals surface area contributed by atoms with Gasteiger partial charge in [-0.05, 0) is 5.41 Å². The van der Waals surface area contributed by atoms with Gasteiger partial charge in [0.25, 0.3) is 0 Å². The lowest BCUT2D eigenvalue weighted by atomic mass is 9.92. The van der Waals surface area contributed by atoms with E-state index in [1.807, 2.05) is 10.8 Å². The van der Waals surface area contributed by atoms with E-state index in [9.17, 15) is 4.79 Å². The molecule has 0 aromatic carbocycles. The first-order valence-corrected chi connectivity index (χ1v) is 5.20. The molecule has 0 saturated carbocycles. The van der Waals surface area contributed by atoms with Crippen LogP contribution in [0.2, 0.25) is 0 Å². The number of carbonyl (C=O) groups is 1. The number of hydrogen-bond acceptors (Lipinski definition) is 2. The van der Waals surface area contributed by atoms with Gasteiger partial charge in [0, 0.05) is 31.9 Å². The highest BCUT2D eigenvalue weighted by Gasteiger charge is 2.15. The topological polar surface area (TPSA) is 46.9 Å². The summed E-state index contributed by atoms with van der Waals surface area (Å²) in [6.45, 7) is 7.61. The van der Waals surface area contributed by atoms with Crippen molar-refractivity contribution in [3.8, 4) is 0 Å². The van der Waals surface area contributed by atoms with Crippen LogP contribution in [-0.4, -0.2) is 22.0 Å². The third-order valence-corrected chi connectivity index (χ3v) is 1.94. The average Bonchev–Trinajstić information content (AvgIpc) is 2.53. The summed E-state index contributed by atoms with van der Waals surface area (Å²) in [5, 5.41) is 2.89. The van der Waals surface area contributed by atoms with Gasteiger partial charge in [-0.3, -0.25) is 4.79 Å². The van der Waals surface area contributed by atoms with Crippen molar-refractivity contribution in [2.75, 3.05) is 6.54 Å². The van der Waals surface area contributed by atoms with E-state index in [4.69, 9.17) is 0 Å². The molecule has 0 aliphatic rings. The fraction of sp³-hybridized carbons (Fsp3) is 0.636. The molecular weight excluding hydrogens is 190 g/mol. The maximum atomic E-state index is 11.5. The Morgan fingerprint density at radius 2 is 2.20 bits per heavy atom. The first-order valence-electron chi connectivity index (χ1n) is 5.20. The predicted octanol–water partition coefficient (Wildman–Crippen LogP) is 1.44. The van der Waals surface area contributed by atoms with E-state index in [1.54, 1.807) is 12.5 Å².